The SMILES string of the molecule is Cc1cc(NC(=O)CC2CCCN2)n(-c2ccc(F)cc2)n1.Cl. The molecule has 1 unspecified atom stereocenters. The van der Waals surface area contributed by atoms with Crippen LogP contribution in [0.25, 0.3) is 5.69 Å². The van der Waals surface area contributed by atoms with Gasteiger partial charge in [-0.3, -0.25) is 4.79 Å². The summed E-state index contributed by atoms with van der Waals surface area (Å²) in [5.74, 6) is 0.264. The molecule has 0 aliphatic carbocycles. The number of hydrogen-bond acceptors (Lipinski definition) is 3. The van der Waals surface area contributed by atoms with E-state index >= 15 is 0 Å². The van der Waals surface area contributed by atoms with Gasteiger partial charge in [0.25, 0.3) is 0 Å². The maximum atomic E-state index is 13.0. The monoisotopic (exact) mass is 338 g/mol. The molecule has 1 fully saturated rings. The number of halogens is 2. The largest absolute Gasteiger partial charge is 0.313 e. The first-order chi connectivity index (χ1) is 10.6. The Balaban J connectivity index is 0.00000192. The summed E-state index contributed by atoms with van der Waals surface area (Å²) >= 11 is 0. The molecule has 0 spiro atoms. The van der Waals surface area contributed by atoms with Crippen LogP contribution >= 0.6 is 12.4 Å². The molecule has 5 nitrogen and oxygen atoms in total. The fourth-order valence-corrected chi connectivity index (χ4v) is 2.72. The van der Waals surface area contributed by atoms with Crippen molar-refractivity contribution in [2.24, 2.45) is 0 Å². The molecule has 0 bridgehead atoms. The lowest BCUT2D eigenvalue weighted by atomic mass is 10.1. The Morgan fingerprint density at radius 1 is 1.43 bits per heavy atom. The molecule has 7 heteroatoms. The molecule has 0 saturated carbocycles. The summed E-state index contributed by atoms with van der Waals surface area (Å²) < 4.78 is 14.7. The van der Waals surface area contributed by atoms with Crippen LogP contribution in [0.2, 0.25) is 0 Å². The van der Waals surface area contributed by atoms with Gasteiger partial charge in [-0.15, -0.1) is 12.4 Å². The maximum absolute atomic E-state index is 13.0. The van der Waals surface area contributed by atoms with E-state index in [1.165, 1.54) is 12.1 Å². The standard InChI is InChI=1S/C16H19FN4O.ClH/c1-11-9-15(19-16(22)10-13-3-2-8-18-13)21(20-11)14-6-4-12(17)5-7-14;/h4-7,9,13,18H,2-3,8,10H2,1H3,(H,19,22);1H. The molecule has 1 saturated heterocycles. The summed E-state index contributed by atoms with van der Waals surface area (Å²) in [7, 11) is 0. The molecular formula is C16H20ClFN4O. The van der Waals surface area contributed by atoms with Gasteiger partial charge in [0.15, 0.2) is 0 Å². The predicted octanol–water partition coefficient (Wildman–Crippen LogP) is 2.82. The number of amides is 1. The molecule has 23 heavy (non-hydrogen) atoms. The van der Waals surface area contributed by atoms with E-state index in [9.17, 15) is 9.18 Å². The number of aryl methyl sites for hydroxylation is 1. The molecule has 1 aromatic heterocycles. The average Bonchev–Trinajstić information content (AvgIpc) is 3.10. The highest BCUT2D eigenvalue weighted by molar-refractivity contribution is 5.90. The van der Waals surface area contributed by atoms with Crippen molar-refractivity contribution in [3.05, 3.63) is 41.8 Å². The van der Waals surface area contributed by atoms with Crippen LogP contribution in [0.15, 0.2) is 30.3 Å². The van der Waals surface area contributed by atoms with Crippen molar-refractivity contribution in [1.29, 1.82) is 0 Å². The van der Waals surface area contributed by atoms with Crippen molar-refractivity contribution in [2.45, 2.75) is 32.2 Å². The Morgan fingerprint density at radius 3 is 2.83 bits per heavy atom. The van der Waals surface area contributed by atoms with Gasteiger partial charge in [0.1, 0.15) is 11.6 Å². The molecule has 3 rings (SSSR count). The molecule has 124 valence electrons. The Kier molecular flexibility index (Phi) is 5.74. The molecule has 2 N–H and O–H groups in total. The summed E-state index contributed by atoms with van der Waals surface area (Å²) in [5.41, 5.74) is 1.50. The van der Waals surface area contributed by atoms with Gasteiger partial charge >= 0.3 is 0 Å². The molecular weight excluding hydrogens is 319 g/mol. The predicted molar refractivity (Wildman–Crippen MR) is 89.8 cm³/mol. The summed E-state index contributed by atoms with van der Waals surface area (Å²) in [6.07, 6.45) is 2.60. The van der Waals surface area contributed by atoms with Crippen LogP contribution in [0.5, 0.6) is 0 Å². The van der Waals surface area contributed by atoms with E-state index < -0.39 is 0 Å². The number of nitrogens with one attached hydrogen (secondary N) is 2. The normalized spacial score (nSPS) is 16.9. The minimum absolute atomic E-state index is 0. The zero-order valence-corrected chi connectivity index (χ0v) is 13.7. The Morgan fingerprint density at radius 2 is 2.17 bits per heavy atom. The van der Waals surface area contributed by atoms with E-state index in [0.29, 0.717) is 17.9 Å². The summed E-state index contributed by atoms with van der Waals surface area (Å²) in [5, 5.41) is 10.6. The van der Waals surface area contributed by atoms with Crippen molar-refractivity contribution < 1.29 is 9.18 Å². The number of hydrogen-bond donors (Lipinski definition) is 2. The van der Waals surface area contributed by atoms with Gasteiger partial charge in [-0.05, 0) is 50.6 Å². The van der Waals surface area contributed by atoms with Crippen molar-refractivity contribution in [2.75, 3.05) is 11.9 Å². The number of anilines is 1. The fourth-order valence-electron chi connectivity index (χ4n) is 2.72. The maximum Gasteiger partial charge on any atom is 0.227 e. The second-order valence-corrected chi connectivity index (χ2v) is 5.60. The highest BCUT2D eigenvalue weighted by Crippen LogP contribution is 2.18. The van der Waals surface area contributed by atoms with Gasteiger partial charge in [-0.2, -0.15) is 5.10 Å². The van der Waals surface area contributed by atoms with Crippen LogP contribution in [0.1, 0.15) is 25.0 Å². The lowest BCUT2D eigenvalue weighted by molar-refractivity contribution is -0.116. The summed E-state index contributed by atoms with van der Waals surface area (Å²) in [4.78, 5) is 12.2. The summed E-state index contributed by atoms with van der Waals surface area (Å²) in [6, 6.07) is 8.08. The third kappa shape index (κ3) is 4.30. The number of aromatic nitrogens is 2. The first-order valence-corrected chi connectivity index (χ1v) is 7.47. The van der Waals surface area contributed by atoms with E-state index in [2.05, 4.69) is 15.7 Å². The smallest absolute Gasteiger partial charge is 0.227 e. The number of benzene rings is 1. The molecule has 2 heterocycles. The van der Waals surface area contributed by atoms with Gasteiger partial charge < -0.3 is 10.6 Å². The molecule has 1 atom stereocenters. The topological polar surface area (TPSA) is 59.0 Å². The van der Waals surface area contributed by atoms with Crippen LogP contribution in [0, 0.1) is 12.7 Å². The molecule has 1 amide bonds. The Bertz CT molecular complexity index is 665. The number of carbonyl (C=O) groups excluding carboxylic acids is 1. The highest BCUT2D eigenvalue weighted by atomic mass is 35.5. The molecule has 2 aromatic rings. The third-order valence-corrected chi connectivity index (χ3v) is 3.76. The third-order valence-electron chi connectivity index (χ3n) is 3.76. The van der Waals surface area contributed by atoms with Crippen molar-refractivity contribution in [1.82, 2.24) is 15.1 Å². The fraction of sp³-hybridized carbons (Fsp3) is 0.375. The van der Waals surface area contributed by atoms with E-state index in [0.717, 1.165) is 25.1 Å². The first kappa shape index (κ1) is 17.4. The van der Waals surface area contributed by atoms with Crippen molar-refractivity contribution >= 4 is 24.1 Å². The second-order valence-electron chi connectivity index (χ2n) is 5.60. The Labute approximate surface area is 140 Å². The van der Waals surface area contributed by atoms with E-state index in [4.69, 9.17) is 0 Å². The van der Waals surface area contributed by atoms with Gasteiger partial charge in [-0.25, -0.2) is 9.07 Å². The number of rotatable bonds is 4. The zero-order valence-electron chi connectivity index (χ0n) is 12.9. The minimum atomic E-state index is -0.300. The molecule has 1 aliphatic heterocycles. The van der Waals surface area contributed by atoms with Crippen LogP contribution in [-0.4, -0.2) is 28.3 Å². The Hall–Kier alpha value is -1.92. The molecule has 0 radical (unpaired) electrons. The van der Waals surface area contributed by atoms with Crippen LogP contribution in [0.4, 0.5) is 10.2 Å². The zero-order chi connectivity index (χ0) is 15.5. The highest BCUT2D eigenvalue weighted by Gasteiger charge is 2.19. The van der Waals surface area contributed by atoms with Gasteiger partial charge in [0.05, 0.1) is 11.4 Å². The average molecular weight is 339 g/mol. The van der Waals surface area contributed by atoms with E-state index in [1.807, 2.05) is 13.0 Å². The van der Waals surface area contributed by atoms with Gasteiger partial charge in [-0.1, -0.05) is 0 Å². The molecule has 1 aliphatic rings. The van der Waals surface area contributed by atoms with Crippen molar-refractivity contribution in [3.8, 4) is 5.69 Å². The quantitative estimate of drug-likeness (QED) is 0.901. The van der Waals surface area contributed by atoms with Crippen LogP contribution in [0.3, 0.4) is 0 Å². The minimum Gasteiger partial charge on any atom is -0.313 e. The van der Waals surface area contributed by atoms with Gasteiger partial charge in [0.2, 0.25) is 5.91 Å². The van der Waals surface area contributed by atoms with E-state index in [1.54, 1.807) is 16.8 Å². The van der Waals surface area contributed by atoms with Crippen LogP contribution < -0.4 is 10.6 Å². The number of nitrogens with zero attached hydrogens (tertiary/aromatic N) is 2. The first-order valence-electron chi connectivity index (χ1n) is 7.47. The van der Waals surface area contributed by atoms with Crippen LogP contribution in [-0.2, 0) is 4.79 Å². The second kappa shape index (κ2) is 7.57. The van der Waals surface area contributed by atoms with E-state index in [-0.39, 0.29) is 30.2 Å². The lowest BCUT2D eigenvalue weighted by Gasteiger charge is -2.12. The number of carbonyl (C=O) groups is 1. The van der Waals surface area contributed by atoms with Crippen molar-refractivity contribution in [3.63, 3.8) is 0 Å². The van der Waals surface area contributed by atoms with Gasteiger partial charge in [0, 0.05) is 18.5 Å². The lowest BCUT2D eigenvalue weighted by Crippen LogP contribution is -2.28. The molecule has 1 aromatic carbocycles. The summed E-state index contributed by atoms with van der Waals surface area (Å²) in [6.45, 7) is 2.83.